The Morgan fingerprint density at radius 2 is 1.85 bits per heavy atom. The molecule has 1 aliphatic carbocycles. The fourth-order valence-corrected chi connectivity index (χ4v) is 3.50. The number of pyridine rings is 1. The summed E-state index contributed by atoms with van der Waals surface area (Å²) in [6, 6.07) is 16.1. The van der Waals surface area contributed by atoms with Gasteiger partial charge in [-0.25, -0.2) is 0 Å². The van der Waals surface area contributed by atoms with Gasteiger partial charge in [0.25, 0.3) is 5.56 Å². The SMILES string of the molecule is CN=C(NCCCCn1c(C)cccc1=O)NCC1(c2ccccc2)CC1. The third-order valence-corrected chi connectivity index (χ3v) is 5.43. The smallest absolute Gasteiger partial charge is 0.250 e. The van der Waals surface area contributed by atoms with Crippen LogP contribution in [0.3, 0.4) is 0 Å². The second-order valence-corrected chi connectivity index (χ2v) is 7.36. The lowest BCUT2D eigenvalue weighted by Crippen LogP contribution is -2.41. The zero-order valence-electron chi connectivity index (χ0n) is 16.4. The lowest BCUT2D eigenvalue weighted by Gasteiger charge is -2.19. The van der Waals surface area contributed by atoms with E-state index in [0.717, 1.165) is 44.1 Å². The van der Waals surface area contributed by atoms with Crippen molar-refractivity contribution < 1.29 is 0 Å². The second-order valence-electron chi connectivity index (χ2n) is 7.36. The van der Waals surface area contributed by atoms with Crippen LogP contribution in [0, 0.1) is 6.92 Å². The van der Waals surface area contributed by atoms with Crippen molar-refractivity contribution in [3.05, 3.63) is 70.1 Å². The summed E-state index contributed by atoms with van der Waals surface area (Å²) >= 11 is 0. The van der Waals surface area contributed by atoms with E-state index in [1.807, 2.05) is 30.7 Å². The van der Waals surface area contributed by atoms with Gasteiger partial charge < -0.3 is 15.2 Å². The molecule has 1 saturated carbocycles. The molecule has 0 radical (unpaired) electrons. The van der Waals surface area contributed by atoms with Crippen LogP contribution in [0.2, 0.25) is 0 Å². The number of benzene rings is 1. The molecule has 2 aromatic rings. The van der Waals surface area contributed by atoms with Crippen LogP contribution in [0.4, 0.5) is 0 Å². The van der Waals surface area contributed by atoms with Gasteiger partial charge in [-0.1, -0.05) is 36.4 Å². The molecule has 0 amide bonds. The van der Waals surface area contributed by atoms with E-state index in [4.69, 9.17) is 0 Å². The number of hydrogen-bond acceptors (Lipinski definition) is 2. The molecule has 0 saturated heterocycles. The molecule has 2 N–H and O–H groups in total. The molecule has 0 atom stereocenters. The predicted octanol–water partition coefficient (Wildman–Crippen LogP) is 2.83. The lowest BCUT2D eigenvalue weighted by atomic mass is 9.96. The number of unbranched alkanes of at least 4 members (excludes halogenated alkanes) is 1. The third-order valence-electron chi connectivity index (χ3n) is 5.43. The molecular formula is C22H30N4O. The summed E-state index contributed by atoms with van der Waals surface area (Å²) in [5, 5.41) is 6.87. The maximum Gasteiger partial charge on any atom is 0.250 e. The molecular weight excluding hydrogens is 336 g/mol. The monoisotopic (exact) mass is 366 g/mol. The average molecular weight is 367 g/mol. The van der Waals surface area contributed by atoms with Gasteiger partial charge >= 0.3 is 0 Å². The molecule has 0 unspecified atom stereocenters. The van der Waals surface area contributed by atoms with Crippen molar-refractivity contribution in [3.8, 4) is 0 Å². The van der Waals surface area contributed by atoms with E-state index in [1.165, 1.54) is 18.4 Å². The second kappa shape index (κ2) is 8.89. The molecule has 5 heteroatoms. The van der Waals surface area contributed by atoms with Gasteiger partial charge in [0.15, 0.2) is 5.96 Å². The summed E-state index contributed by atoms with van der Waals surface area (Å²) < 4.78 is 1.84. The van der Waals surface area contributed by atoms with E-state index < -0.39 is 0 Å². The Morgan fingerprint density at radius 3 is 2.52 bits per heavy atom. The maximum absolute atomic E-state index is 11.9. The minimum atomic E-state index is 0.0797. The standard InChI is InChI=1S/C22H30N4O/c1-18-9-8-12-20(27)26(18)16-7-6-15-24-21(23-2)25-17-22(13-14-22)19-10-4-3-5-11-19/h3-5,8-12H,6-7,13-17H2,1-2H3,(H2,23,24,25). The number of nitrogens with one attached hydrogen (secondary N) is 2. The van der Waals surface area contributed by atoms with Gasteiger partial charge in [-0.05, 0) is 44.2 Å². The number of guanidine groups is 1. The molecule has 144 valence electrons. The van der Waals surface area contributed by atoms with Crippen molar-refractivity contribution in [3.63, 3.8) is 0 Å². The first kappa shape index (κ1) is 19.2. The molecule has 1 fully saturated rings. The van der Waals surface area contributed by atoms with Crippen molar-refractivity contribution in [2.24, 2.45) is 4.99 Å². The molecule has 1 aromatic carbocycles. The molecule has 1 heterocycles. The molecule has 3 rings (SSSR count). The van der Waals surface area contributed by atoms with E-state index >= 15 is 0 Å². The Morgan fingerprint density at radius 1 is 1.07 bits per heavy atom. The lowest BCUT2D eigenvalue weighted by molar-refractivity contribution is 0.572. The summed E-state index contributed by atoms with van der Waals surface area (Å²) in [5.41, 5.74) is 2.78. The van der Waals surface area contributed by atoms with Crippen molar-refractivity contribution in [2.45, 2.75) is 44.6 Å². The third kappa shape index (κ3) is 5.00. The van der Waals surface area contributed by atoms with Crippen molar-refractivity contribution in [1.29, 1.82) is 0 Å². The van der Waals surface area contributed by atoms with Crippen LogP contribution in [0.1, 0.15) is 36.9 Å². The van der Waals surface area contributed by atoms with Crippen LogP contribution >= 0.6 is 0 Å². The number of aliphatic imine (C=N–C) groups is 1. The van der Waals surface area contributed by atoms with Crippen molar-refractivity contribution >= 4 is 5.96 Å². The normalized spacial score (nSPS) is 15.4. The zero-order chi connectivity index (χ0) is 19.1. The highest BCUT2D eigenvalue weighted by Crippen LogP contribution is 2.47. The van der Waals surface area contributed by atoms with Crippen molar-refractivity contribution in [2.75, 3.05) is 20.1 Å². The number of hydrogen-bond donors (Lipinski definition) is 2. The van der Waals surface area contributed by atoms with Crippen LogP contribution < -0.4 is 16.2 Å². The minimum absolute atomic E-state index is 0.0797. The number of aromatic nitrogens is 1. The molecule has 1 aliphatic rings. The fourth-order valence-electron chi connectivity index (χ4n) is 3.50. The first-order valence-electron chi connectivity index (χ1n) is 9.81. The van der Waals surface area contributed by atoms with E-state index in [0.29, 0.717) is 0 Å². The largest absolute Gasteiger partial charge is 0.356 e. The Balaban J connectivity index is 1.39. The molecule has 0 bridgehead atoms. The Hall–Kier alpha value is -2.56. The minimum Gasteiger partial charge on any atom is -0.356 e. The quantitative estimate of drug-likeness (QED) is 0.429. The Labute approximate surface area is 161 Å². The van der Waals surface area contributed by atoms with E-state index in [9.17, 15) is 4.79 Å². The van der Waals surface area contributed by atoms with Crippen LogP contribution in [-0.4, -0.2) is 30.7 Å². The van der Waals surface area contributed by atoms with Gasteiger partial charge in [0.05, 0.1) is 0 Å². The Kier molecular flexibility index (Phi) is 6.32. The summed E-state index contributed by atoms with van der Waals surface area (Å²) in [5.74, 6) is 0.852. The summed E-state index contributed by atoms with van der Waals surface area (Å²) in [6.45, 7) is 4.50. The first-order valence-corrected chi connectivity index (χ1v) is 9.81. The number of rotatable bonds is 8. The van der Waals surface area contributed by atoms with Gasteiger partial charge in [-0.15, -0.1) is 0 Å². The number of aryl methyl sites for hydroxylation is 1. The topological polar surface area (TPSA) is 58.4 Å². The Bertz CT molecular complexity index is 822. The van der Waals surface area contributed by atoms with Gasteiger partial charge in [-0.3, -0.25) is 9.79 Å². The molecule has 27 heavy (non-hydrogen) atoms. The average Bonchev–Trinajstić information content (AvgIpc) is 3.48. The molecule has 0 spiro atoms. The summed E-state index contributed by atoms with van der Waals surface area (Å²) in [6.07, 6.45) is 4.41. The van der Waals surface area contributed by atoms with E-state index in [2.05, 4.69) is 46.0 Å². The van der Waals surface area contributed by atoms with Crippen LogP contribution in [-0.2, 0) is 12.0 Å². The van der Waals surface area contributed by atoms with Gasteiger partial charge in [0.1, 0.15) is 0 Å². The summed E-state index contributed by atoms with van der Waals surface area (Å²) in [4.78, 5) is 16.2. The van der Waals surface area contributed by atoms with Gasteiger partial charge in [0.2, 0.25) is 0 Å². The first-order chi connectivity index (χ1) is 13.1. The molecule has 5 nitrogen and oxygen atoms in total. The van der Waals surface area contributed by atoms with E-state index in [1.54, 1.807) is 6.07 Å². The van der Waals surface area contributed by atoms with Crippen LogP contribution in [0.25, 0.3) is 0 Å². The maximum atomic E-state index is 11.9. The van der Waals surface area contributed by atoms with Gasteiger partial charge in [0, 0.05) is 43.9 Å². The van der Waals surface area contributed by atoms with E-state index in [-0.39, 0.29) is 11.0 Å². The highest BCUT2D eigenvalue weighted by atomic mass is 16.1. The van der Waals surface area contributed by atoms with Crippen molar-refractivity contribution in [1.82, 2.24) is 15.2 Å². The molecule has 1 aromatic heterocycles. The fraction of sp³-hybridized carbons (Fsp3) is 0.455. The molecule has 0 aliphatic heterocycles. The summed E-state index contributed by atoms with van der Waals surface area (Å²) in [7, 11) is 1.81. The van der Waals surface area contributed by atoms with Gasteiger partial charge in [-0.2, -0.15) is 0 Å². The number of nitrogens with zero attached hydrogens (tertiary/aromatic N) is 2. The van der Waals surface area contributed by atoms with Crippen LogP contribution in [0.5, 0.6) is 0 Å². The van der Waals surface area contributed by atoms with Crippen LogP contribution in [0.15, 0.2) is 58.3 Å². The highest BCUT2D eigenvalue weighted by Gasteiger charge is 2.43. The predicted molar refractivity (Wildman–Crippen MR) is 111 cm³/mol. The highest BCUT2D eigenvalue weighted by molar-refractivity contribution is 5.79. The zero-order valence-corrected chi connectivity index (χ0v) is 16.4.